The highest BCUT2D eigenvalue weighted by atomic mass is 30.1. The summed E-state index contributed by atoms with van der Waals surface area (Å²) in [6.45, 7) is 10.2. The SMILES string of the molecule is C[Si](C)O[Si](C)(C)O[Si](=O)[Si](=O)[Si](=O)[Si](=O)[Si](=O)[Si](=O)[Si](=O)[Si](=O)[Si](=O)[Si](C)O[Si](=O)[Si](=O)[Si](=O)[Si](=O)[Si](=O)[Si](=O)[Si](=O)[Si](=O)[Si](=O)[Si](C)C. The Hall–Kier alpha value is 0.731. The molecule has 0 spiro atoms. The maximum atomic E-state index is 12.7. The van der Waals surface area contributed by atoms with Gasteiger partial charge in [0.05, 0.1) is 0 Å². The molecule has 0 aromatic heterocycles. The summed E-state index contributed by atoms with van der Waals surface area (Å²) in [7, 11) is -79.6. The molecule has 0 aromatic carbocycles. The maximum absolute atomic E-state index is 12.7. The van der Waals surface area contributed by atoms with E-state index in [-0.39, 0.29) is 0 Å². The Morgan fingerprint density at radius 3 is 0.880 bits per heavy atom. The van der Waals surface area contributed by atoms with Crippen LogP contribution in [0.15, 0.2) is 0 Å². The van der Waals surface area contributed by atoms with Gasteiger partial charge in [0.25, 0.3) is 0 Å². The van der Waals surface area contributed by atoms with Crippen LogP contribution in [0.5, 0.6) is 0 Å². The van der Waals surface area contributed by atoms with Crippen LogP contribution in [0.4, 0.5) is 0 Å². The van der Waals surface area contributed by atoms with Gasteiger partial charge in [-0.15, -0.1) is 0 Å². The van der Waals surface area contributed by atoms with E-state index in [2.05, 4.69) is 0 Å². The van der Waals surface area contributed by atoms with Crippen LogP contribution in [0.2, 0.25) is 45.8 Å². The van der Waals surface area contributed by atoms with E-state index >= 15 is 0 Å². The minimum atomic E-state index is -4.15. The second-order valence-electron chi connectivity index (χ2n) is 10.0. The standard InChI is InChI=1S/C7H21O21Si22/c1-29(2)27-50(6,7)28-33(9)37(13)41(17)45(21)49(25)47(23)43(19)39(15)35(11)31(5)26-32(8)36(12)40(16)44(20)48(24)46(22)42(18)38(14)34(10)30(3)4/h1-7H3. The van der Waals surface area contributed by atoms with Gasteiger partial charge in [0.15, 0.2) is 9.04 Å². The zero-order valence-corrected chi connectivity index (χ0v) is 48.6. The van der Waals surface area contributed by atoms with Gasteiger partial charge < -0.3 is 92.7 Å². The van der Waals surface area contributed by atoms with E-state index in [0.717, 1.165) is 6.55 Å². The first-order valence-electron chi connectivity index (χ1n) is 12.9. The first-order valence-corrected chi connectivity index (χ1v) is 65.7. The molecule has 0 aliphatic carbocycles. The van der Waals surface area contributed by atoms with Crippen LogP contribution in [-0.2, 0) is 92.7 Å². The van der Waals surface area contributed by atoms with Crippen LogP contribution in [0.25, 0.3) is 0 Å². The summed E-state index contributed by atoms with van der Waals surface area (Å²) in [5.74, 6) is 0. The fourth-order valence-corrected chi connectivity index (χ4v) is 201. The Labute approximate surface area is 310 Å². The van der Waals surface area contributed by atoms with E-state index in [1.54, 1.807) is 13.1 Å². The molecule has 0 saturated carbocycles. The lowest BCUT2D eigenvalue weighted by Gasteiger charge is -2.24. The van der Waals surface area contributed by atoms with Gasteiger partial charge in [0, 0.05) is 0 Å². The largest absolute Gasteiger partial charge is 0.574 e. The maximum Gasteiger partial charge on any atom is 0.533 e. The normalized spacial score (nSPS) is 10.8. The first kappa shape index (κ1) is 50.7. The second-order valence-corrected chi connectivity index (χ2v) is 107. The van der Waals surface area contributed by atoms with Crippen molar-refractivity contribution < 1.29 is 92.7 Å². The molecule has 0 atom stereocenters. The molecule has 0 aromatic rings. The van der Waals surface area contributed by atoms with E-state index < -0.39 is 175 Å². The predicted molar refractivity (Wildman–Crippen MR) is 183 cm³/mol. The van der Waals surface area contributed by atoms with Crippen LogP contribution in [0.3, 0.4) is 0 Å². The molecule has 21 nitrogen and oxygen atoms in total. The monoisotopic (exact) mass is 1060 g/mol. The first-order chi connectivity index (χ1) is 22.6. The van der Waals surface area contributed by atoms with Crippen LogP contribution in [0.1, 0.15) is 0 Å². The lowest BCUT2D eigenvalue weighted by molar-refractivity contribution is 0.384. The van der Waals surface area contributed by atoms with E-state index in [4.69, 9.17) is 12.3 Å². The predicted octanol–water partition coefficient (Wildman–Crippen LogP) is -6.63. The van der Waals surface area contributed by atoms with Crippen molar-refractivity contribution in [2.24, 2.45) is 0 Å². The molecule has 0 amide bonds. The smallest absolute Gasteiger partial charge is 0.533 e. The fourth-order valence-electron chi connectivity index (χ4n) is 2.82. The molecular formula is C7H21O21Si22. The Bertz CT molecular complexity index is 1750. The second kappa shape index (κ2) is 22.3. The highest BCUT2D eigenvalue weighted by molar-refractivity contribution is 7.78. The molecule has 0 rings (SSSR count). The van der Waals surface area contributed by atoms with Crippen molar-refractivity contribution in [3.05, 3.63) is 0 Å². The molecule has 50 heavy (non-hydrogen) atoms. The molecule has 0 heterocycles. The summed E-state index contributed by atoms with van der Waals surface area (Å²) in [6, 6.07) is 0. The molecule has 0 unspecified atom stereocenters. The van der Waals surface area contributed by atoms with Gasteiger partial charge in [0.2, 0.25) is 0 Å². The Morgan fingerprint density at radius 2 is 0.580 bits per heavy atom. The topological polar surface area (TPSA) is 335 Å². The third kappa shape index (κ3) is 14.8. The number of rotatable bonds is 24. The lowest BCUT2D eigenvalue weighted by atomic mass is 11.9. The van der Waals surface area contributed by atoms with E-state index in [0.29, 0.717) is 0 Å². The van der Waals surface area contributed by atoms with Crippen molar-refractivity contribution in [3.63, 3.8) is 0 Å². The zero-order chi connectivity index (χ0) is 39.7. The quantitative estimate of drug-likeness (QED) is 0.0811. The van der Waals surface area contributed by atoms with Crippen molar-refractivity contribution in [3.8, 4) is 0 Å². The summed E-state index contributed by atoms with van der Waals surface area (Å²) in [4.78, 5) is 0. The fraction of sp³-hybridized carbons (Fsp3) is 1.00. The molecule has 263 valence electrons. The van der Waals surface area contributed by atoms with Crippen LogP contribution in [0, 0.1) is 0 Å². The Morgan fingerprint density at radius 1 is 0.320 bits per heavy atom. The van der Waals surface area contributed by atoms with Crippen LogP contribution >= 0.6 is 0 Å². The van der Waals surface area contributed by atoms with Crippen molar-refractivity contribution >= 4 is 175 Å². The third-order valence-corrected chi connectivity index (χ3v) is 148. The molecule has 0 aliphatic rings. The van der Waals surface area contributed by atoms with Gasteiger partial charge in [0.1, 0.15) is 8.31 Å². The van der Waals surface area contributed by atoms with Crippen LogP contribution in [-0.4, -0.2) is 175 Å². The van der Waals surface area contributed by atoms with Gasteiger partial charge in [-0.05, 0) is 32.7 Å². The van der Waals surface area contributed by atoms with Gasteiger partial charge >= 0.3 is 157 Å². The molecule has 0 bridgehead atoms. The van der Waals surface area contributed by atoms with Crippen molar-refractivity contribution in [2.45, 2.75) is 45.8 Å². The average molecular weight is 1060 g/mol. The molecule has 0 N–H and O–H groups in total. The van der Waals surface area contributed by atoms with E-state index in [1.165, 1.54) is 26.2 Å². The Balaban J connectivity index is 5.55. The highest BCUT2D eigenvalue weighted by Crippen LogP contribution is 2.08. The van der Waals surface area contributed by atoms with Crippen molar-refractivity contribution in [1.82, 2.24) is 0 Å². The molecule has 43 heteroatoms. The van der Waals surface area contributed by atoms with E-state index in [9.17, 15) is 80.3 Å². The molecule has 0 fully saturated rings. The Kier molecular flexibility index (Phi) is 22.7. The number of hydrogen-bond acceptors (Lipinski definition) is 21. The summed E-state index contributed by atoms with van der Waals surface area (Å²) in [6.07, 6.45) is 0. The minimum Gasteiger partial charge on any atom is -0.574 e. The average Bonchev–Trinajstić information content (AvgIpc) is 3.04. The molecule has 0 aliphatic heterocycles. The van der Waals surface area contributed by atoms with Gasteiger partial charge in [-0.3, -0.25) is 0 Å². The highest BCUT2D eigenvalue weighted by Gasteiger charge is 2.54. The molecule has 3 radical (unpaired) electrons. The van der Waals surface area contributed by atoms with Crippen molar-refractivity contribution in [2.75, 3.05) is 0 Å². The van der Waals surface area contributed by atoms with Gasteiger partial charge in [-0.25, -0.2) is 0 Å². The van der Waals surface area contributed by atoms with Gasteiger partial charge in [-0.1, -0.05) is 13.1 Å². The summed E-state index contributed by atoms with van der Waals surface area (Å²) in [5, 5.41) is 0. The van der Waals surface area contributed by atoms with Crippen LogP contribution < -0.4 is 0 Å². The molecule has 0 saturated heterocycles. The zero-order valence-electron chi connectivity index (χ0n) is 26.6. The lowest BCUT2D eigenvalue weighted by Crippen LogP contribution is -2.55. The summed E-state index contributed by atoms with van der Waals surface area (Å²) in [5.41, 5.74) is 0. The van der Waals surface area contributed by atoms with Crippen molar-refractivity contribution in [1.29, 1.82) is 0 Å². The summed E-state index contributed by atoms with van der Waals surface area (Å²) >= 11 is 0. The third-order valence-electron chi connectivity index (χ3n) is 5.07. The minimum absolute atomic E-state index is 0.897. The molecular weight excluding hydrogens is 1040 g/mol. The van der Waals surface area contributed by atoms with Gasteiger partial charge in [-0.2, -0.15) is 0 Å². The number of hydrogen-bond donors (Lipinski definition) is 0. The summed E-state index contributed by atoms with van der Waals surface area (Å²) < 4.78 is 240. The van der Waals surface area contributed by atoms with E-state index in [1.807, 2.05) is 0 Å².